The van der Waals surface area contributed by atoms with Gasteiger partial charge < -0.3 is 11.1 Å². The van der Waals surface area contributed by atoms with Crippen molar-refractivity contribution in [2.24, 2.45) is 12.8 Å². The highest BCUT2D eigenvalue weighted by Gasteiger charge is 2.23. The van der Waals surface area contributed by atoms with E-state index in [2.05, 4.69) is 10.4 Å². The first-order valence-corrected chi connectivity index (χ1v) is 5.03. The summed E-state index contributed by atoms with van der Waals surface area (Å²) in [6, 6.07) is 1.68. The number of amides is 1. The van der Waals surface area contributed by atoms with Crippen LogP contribution in [-0.2, 0) is 7.05 Å². The second kappa shape index (κ2) is 4.44. The van der Waals surface area contributed by atoms with E-state index >= 15 is 0 Å². The van der Waals surface area contributed by atoms with E-state index in [-0.39, 0.29) is 11.4 Å². The lowest BCUT2D eigenvalue weighted by atomic mass is 9.99. The molecule has 1 amide bonds. The maximum Gasteiger partial charge on any atom is 0.272 e. The molecule has 0 aliphatic carbocycles. The molecule has 0 radical (unpaired) electrons. The number of rotatable bonds is 4. The molecule has 1 rings (SSSR count). The lowest BCUT2D eigenvalue weighted by molar-refractivity contribution is 0.0900. The Bertz CT molecular complexity index is 341. The first kappa shape index (κ1) is 11.7. The van der Waals surface area contributed by atoms with Crippen molar-refractivity contribution in [1.29, 1.82) is 0 Å². The summed E-state index contributed by atoms with van der Waals surface area (Å²) in [5.74, 6) is -0.176. The highest BCUT2D eigenvalue weighted by molar-refractivity contribution is 5.92. The van der Waals surface area contributed by atoms with Gasteiger partial charge in [0.05, 0.1) is 0 Å². The van der Waals surface area contributed by atoms with Crippen molar-refractivity contribution in [2.45, 2.75) is 25.8 Å². The Morgan fingerprint density at radius 3 is 2.80 bits per heavy atom. The first-order valence-electron chi connectivity index (χ1n) is 5.03. The van der Waals surface area contributed by atoms with Crippen LogP contribution in [0.15, 0.2) is 12.3 Å². The van der Waals surface area contributed by atoms with Gasteiger partial charge in [-0.15, -0.1) is 0 Å². The largest absolute Gasteiger partial charge is 0.344 e. The van der Waals surface area contributed by atoms with Crippen molar-refractivity contribution in [3.63, 3.8) is 0 Å². The second-order valence-corrected chi connectivity index (χ2v) is 3.95. The van der Waals surface area contributed by atoms with Gasteiger partial charge in [-0.1, -0.05) is 6.92 Å². The van der Waals surface area contributed by atoms with E-state index in [1.807, 2.05) is 13.8 Å². The van der Waals surface area contributed by atoms with Crippen LogP contribution in [0.3, 0.4) is 0 Å². The molecule has 0 aromatic carbocycles. The minimum Gasteiger partial charge on any atom is -0.344 e. The zero-order valence-corrected chi connectivity index (χ0v) is 9.45. The molecule has 1 heterocycles. The van der Waals surface area contributed by atoms with Crippen LogP contribution in [0.25, 0.3) is 0 Å². The van der Waals surface area contributed by atoms with Crippen LogP contribution in [0.1, 0.15) is 30.8 Å². The van der Waals surface area contributed by atoms with Crippen molar-refractivity contribution < 1.29 is 4.79 Å². The van der Waals surface area contributed by atoms with Gasteiger partial charge in [-0.3, -0.25) is 9.48 Å². The minimum atomic E-state index is -0.353. The van der Waals surface area contributed by atoms with Gasteiger partial charge in [0.1, 0.15) is 5.69 Å². The number of hydrogen-bond acceptors (Lipinski definition) is 3. The van der Waals surface area contributed by atoms with Crippen LogP contribution in [0.4, 0.5) is 0 Å². The number of aromatic nitrogens is 2. The maximum atomic E-state index is 11.7. The number of hydrogen-bond donors (Lipinski definition) is 2. The molecule has 0 saturated heterocycles. The molecule has 1 aromatic rings. The van der Waals surface area contributed by atoms with Crippen LogP contribution in [0.2, 0.25) is 0 Å². The quantitative estimate of drug-likeness (QED) is 0.749. The Kier molecular flexibility index (Phi) is 3.47. The van der Waals surface area contributed by atoms with E-state index in [4.69, 9.17) is 5.73 Å². The fourth-order valence-electron chi connectivity index (χ4n) is 1.16. The maximum absolute atomic E-state index is 11.7. The molecule has 1 aromatic heterocycles. The number of nitrogens with two attached hydrogens (primary N) is 1. The Labute approximate surface area is 89.6 Å². The van der Waals surface area contributed by atoms with Gasteiger partial charge in [0.15, 0.2) is 0 Å². The van der Waals surface area contributed by atoms with E-state index in [0.717, 1.165) is 6.42 Å². The monoisotopic (exact) mass is 210 g/mol. The average molecular weight is 210 g/mol. The van der Waals surface area contributed by atoms with Crippen LogP contribution in [-0.4, -0.2) is 27.8 Å². The third kappa shape index (κ3) is 2.79. The number of carbonyl (C=O) groups excluding carboxylic acids is 1. The summed E-state index contributed by atoms with van der Waals surface area (Å²) >= 11 is 0. The highest BCUT2D eigenvalue weighted by Crippen LogP contribution is 2.08. The molecule has 84 valence electrons. The molecule has 0 aliphatic heterocycles. The van der Waals surface area contributed by atoms with E-state index < -0.39 is 0 Å². The van der Waals surface area contributed by atoms with Crippen molar-refractivity contribution in [3.8, 4) is 0 Å². The van der Waals surface area contributed by atoms with Crippen LogP contribution in [0.5, 0.6) is 0 Å². The number of nitrogens with zero attached hydrogens (tertiary/aromatic N) is 2. The van der Waals surface area contributed by atoms with Gasteiger partial charge in [-0.2, -0.15) is 5.10 Å². The van der Waals surface area contributed by atoms with E-state index in [1.54, 1.807) is 24.0 Å². The van der Waals surface area contributed by atoms with Crippen LogP contribution in [0, 0.1) is 0 Å². The smallest absolute Gasteiger partial charge is 0.272 e. The fraction of sp³-hybridized carbons (Fsp3) is 0.600. The molecule has 0 aliphatic rings. The zero-order valence-electron chi connectivity index (χ0n) is 9.45. The summed E-state index contributed by atoms with van der Waals surface area (Å²) in [6.07, 6.45) is 2.53. The molecular weight excluding hydrogens is 192 g/mol. The molecule has 15 heavy (non-hydrogen) atoms. The van der Waals surface area contributed by atoms with Crippen molar-refractivity contribution in [2.75, 3.05) is 6.54 Å². The molecule has 1 atom stereocenters. The topological polar surface area (TPSA) is 72.9 Å². The number of aryl methyl sites for hydroxylation is 1. The van der Waals surface area contributed by atoms with Gasteiger partial charge >= 0.3 is 0 Å². The standard InChI is InChI=1S/C10H18N4O/c1-4-10(2,7-11)12-9(15)8-5-6-14(3)13-8/h5-6H,4,7,11H2,1-3H3,(H,12,15). The summed E-state index contributed by atoms with van der Waals surface area (Å²) in [7, 11) is 1.78. The Hall–Kier alpha value is -1.36. The molecule has 0 bridgehead atoms. The van der Waals surface area contributed by atoms with Crippen LogP contribution >= 0.6 is 0 Å². The third-order valence-corrected chi connectivity index (χ3v) is 2.59. The van der Waals surface area contributed by atoms with Crippen molar-refractivity contribution in [3.05, 3.63) is 18.0 Å². The lowest BCUT2D eigenvalue weighted by Crippen LogP contribution is -2.51. The number of nitrogens with one attached hydrogen (secondary N) is 1. The second-order valence-electron chi connectivity index (χ2n) is 3.95. The summed E-state index contributed by atoms with van der Waals surface area (Å²) < 4.78 is 1.60. The van der Waals surface area contributed by atoms with Gasteiger partial charge in [0.25, 0.3) is 5.91 Å². The summed E-state index contributed by atoms with van der Waals surface area (Å²) in [5.41, 5.74) is 5.68. The average Bonchev–Trinajstić information content (AvgIpc) is 2.65. The molecular formula is C10H18N4O. The third-order valence-electron chi connectivity index (χ3n) is 2.59. The fourth-order valence-corrected chi connectivity index (χ4v) is 1.16. The van der Waals surface area contributed by atoms with Gasteiger partial charge in [-0.25, -0.2) is 0 Å². The highest BCUT2D eigenvalue weighted by atomic mass is 16.2. The van der Waals surface area contributed by atoms with E-state index in [9.17, 15) is 4.79 Å². The van der Waals surface area contributed by atoms with E-state index in [1.165, 1.54) is 0 Å². The molecule has 0 spiro atoms. The molecule has 5 nitrogen and oxygen atoms in total. The minimum absolute atomic E-state index is 0.176. The molecule has 3 N–H and O–H groups in total. The molecule has 1 unspecified atom stereocenters. The Balaban J connectivity index is 2.71. The first-order chi connectivity index (χ1) is 7.00. The lowest BCUT2D eigenvalue weighted by Gasteiger charge is -2.27. The Morgan fingerprint density at radius 2 is 2.40 bits per heavy atom. The summed E-state index contributed by atoms with van der Waals surface area (Å²) in [4.78, 5) is 11.7. The van der Waals surface area contributed by atoms with Crippen LogP contribution < -0.4 is 11.1 Å². The van der Waals surface area contributed by atoms with Gasteiger partial charge in [0.2, 0.25) is 0 Å². The molecule has 0 saturated carbocycles. The number of carbonyl (C=O) groups is 1. The van der Waals surface area contributed by atoms with E-state index in [0.29, 0.717) is 12.2 Å². The van der Waals surface area contributed by atoms with Crippen molar-refractivity contribution >= 4 is 5.91 Å². The van der Waals surface area contributed by atoms with Gasteiger partial charge in [-0.05, 0) is 19.4 Å². The predicted molar refractivity (Wildman–Crippen MR) is 58.4 cm³/mol. The summed E-state index contributed by atoms with van der Waals surface area (Å²) in [5, 5.41) is 6.91. The van der Waals surface area contributed by atoms with Crippen molar-refractivity contribution in [1.82, 2.24) is 15.1 Å². The predicted octanol–water partition coefficient (Wildman–Crippen LogP) is 0.277. The van der Waals surface area contributed by atoms with Gasteiger partial charge in [0, 0.05) is 25.3 Å². The normalized spacial score (nSPS) is 14.7. The molecule has 5 heteroatoms. The summed E-state index contributed by atoms with van der Waals surface area (Å²) in [6.45, 7) is 4.33. The Morgan fingerprint density at radius 1 is 1.73 bits per heavy atom. The SMILES string of the molecule is CCC(C)(CN)NC(=O)c1ccn(C)n1. The molecule has 0 fully saturated rings. The zero-order chi connectivity index (χ0) is 11.5.